The second kappa shape index (κ2) is 5.81. The second-order valence-electron chi connectivity index (χ2n) is 6.31. The molecular formula is C18H20N4S. The van der Waals surface area contributed by atoms with Gasteiger partial charge in [-0.3, -0.25) is 0 Å². The first kappa shape index (κ1) is 14.5. The number of thiophene rings is 1. The summed E-state index contributed by atoms with van der Waals surface area (Å²) in [7, 11) is 0. The van der Waals surface area contributed by atoms with Gasteiger partial charge in [-0.15, -0.1) is 11.3 Å². The molecule has 3 heterocycles. The third-order valence-corrected chi connectivity index (χ3v) is 5.48. The lowest BCUT2D eigenvalue weighted by Crippen LogP contribution is -2.27. The molecule has 118 valence electrons. The molecular weight excluding hydrogens is 304 g/mol. The molecule has 1 aliphatic heterocycles. The number of hydrogen-bond acceptors (Lipinski definition) is 4. The Balaban J connectivity index is 1.66. The predicted octanol–water partition coefficient (Wildman–Crippen LogP) is 4.61. The molecule has 1 aliphatic rings. The van der Waals surface area contributed by atoms with E-state index in [1.165, 1.54) is 16.0 Å². The number of rotatable bonds is 3. The molecule has 0 spiro atoms. The summed E-state index contributed by atoms with van der Waals surface area (Å²) in [5.74, 6) is 1.41. The van der Waals surface area contributed by atoms with Gasteiger partial charge in [0.2, 0.25) is 5.95 Å². The molecule has 3 aromatic rings. The summed E-state index contributed by atoms with van der Waals surface area (Å²) >= 11 is 1.78. The first-order valence-corrected chi connectivity index (χ1v) is 8.89. The number of benzene rings is 1. The predicted molar refractivity (Wildman–Crippen MR) is 94.0 cm³/mol. The van der Waals surface area contributed by atoms with E-state index >= 15 is 0 Å². The lowest BCUT2D eigenvalue weighted by molar-refractivity contribution is 0.436. The molecule has 0 aliphatic carbocycles. The molecule has 0 radical (unpaired) electrons. The maximum Gasteiger partial charge on any atom is 0.222 e. The molecule has 0 saturated heterocycles. The van der Waals surface area contributed by atoms with Gasteiger partial charge in [0.1, 0.15) is 6.33 Å². The van der Waals surface area contributed by atoms with Crippen LogP contribution in [0.3, 0.4) is 0 Å². The van der Waals surface area contributed by atoms with Crippen LogP contribution in [0.5, 0.6) is 0 Å². The van der Waals surface area contributed by atoms with Crippen LogP contribution in [0.4, 0.5) is 5.95 Å². The van der Waals surface area contributed by atoms with Crippen LogP contribution >= 0.6 is 11.3 Å². The average molecular weight is 324 g/mol. The zero-order chi connectivity index (χ0) is 15.8. The molecule has 1 N–H and O–H groups in total. The normalized spacial score (nSPS) is 20.3. The Morgan fingerprint density at radius 2 is 2.04 bits per heavy atom. The van der Waals surface area contributed by atoms with Gasteiger partial charge < -0.3 is 5.32 Å². The van der Waals surface area contributed by atoms with Gasteiger partial charge >= 0.3 is 0 Å². The first-order valence-electron chi connectivity index (χ1n) is 8.01. The van der Waals surface area contributed by atoms with Crippen molar-refractivity contribution in [2.45, 2.75) is 38.3 Å². The van der Waals surface area contributed by atoms with Crippen molar-refractivity contribution in [3.8, 4) is 0 Å². The summed E-state index contributed by atoms with van der Waals surface area (Å²) in [4.78, 5) is 5.72. The molecule has 0 saturated carbocycles. The Morgan fingerprint density at radius 1 is 1.22 bits per heavy atom. The van der Waals surface area contributed by atoms with Gasteiger partial charge in [-0.1, -0.05) is 44.2 Å². The summed E-state index contributed by atoms with van der Waals surface area (Å²) in [5, 5.41) is 10.1. The lowest BCUT2D eigenvalue weighted by Gasteiger charge is -2.31. The van der Waals surface area contributed by atoms with Crippen molar-refractivity contribution in [3.63, 3.8) is 0 Å². The minimum atomic E-state index is 0.253. The molecule has 4 rings (SSSR count). The molecule has 2 atom stereocenters. The van der Waals surface area contributed by atoms with Gasteiger partial charge in [-0.05, 0) is 34.9 Å². The standard InChI is InChI=1S/C18H20N4S/c1-12(2)13-5-7-14(8-6-13)15-10-16(17-4-3-9-23-17)22-18(21-15)19-11-20-22/h3-9,11-12,15-16H,10H2,1-2H3,(H,19,20,21)/t15-,16-/m1/s1. The van der Waals surface area contributed by atoms with E-state index < -0.39 is 0 Å². The highest BCUT2D eigenvalue weighted by Crippen LogP contribution is 2.38. The SMILES string of the molecule is CC(C)c1ccc([C@H]2C[C@H](c3cccs3)n3ncnc3N2)cc1. The third kappa shape index (κ3) is 2.65. The second-order valence-corrected chi connectivity index (χ2v) is 7.29. The fourth-order valence-corrected chi connectivity index (χ4v) is 3.99. The van der Waals surface area contributed by atoms with Crippen molar-refractivity contribution < 1.29 is 0 Å². The van der Waals surface area contributed by atoms with Crippen LogP contribution in [0.1, 0.15) is 54.3 Å². The Kier molecular flexibility index (Phi) is 3.65. The summed E-state index contributed by atoms with van der Waals surface area (Å²) < 4.78 is 2.00. The highest BCUT2D eigenvalue weighted by molar-refractivity contribution is 7.10. The smallest absolute Gasteiger partial charge is 0.222 e. The molecule has 23 heavy (non-hydrogen) atoms. The van der Waals surface area contributed by atoms with E-state index in [2.05, 4.69) is 71.0 Å². The highest BCUT2D eigenvalue weighted by atomic mass is 32.1. The molecule has 2 aromatic heterocycles. The van der Waals surface area contributed by atoms with Gasteiger partial charge in [0.05, 0.1) is 12.1 Å². The van der Waals surface area contributed by atoms with Crippen molar-refractivity contribution in [2.24, 2.45) is 0 Å². The van der Waals surface area contributed by atoms with E-state index in [-0.39, 0.29) is 12.1 Å². The lowest BCUT2D eigenvalue weighted by atomic mass is 9.94. The summed E-state index contributed by atoms with van der Waals surface area (Å²) in [6.07, 6.45) is 2.62. The van der Waals surface area contributed by atoms with Crippen LogP contribution in [-0.4, -0.2) is 14.8 Å². The molecule has 0 fully saturated rings. The Hall–Kier alpha value is -2.14. The van der Waals surface area contributed by atoms with Gasteiger partial charge in [-0.25, -0.2) is 4.68 Å². The minimum absolute atomic E-state index is 0.253. The zero-order valence-electron chi connectivity index (χ0n) is 13.3. The van der Waals surface area contributed by atoms with Crippen LogP contribution in [0, 0.1) is 0 Å². The minimum Gasteiger partial charge on any atom is -0.348 e. The fourth-order valence-electron chi connectivity index (χ4n) is 3.17. The van der Waals surface area contributed by atoms with Crippen molar-refractivity contribution in [1.29, 1.82) is 0 Å². The van der Waals surface area contributed by atoms with Crippen LogP contribution in [0.15, 0.2) is 48.1 Å². The summed E-state index contributed by atoms with van der Waals surface area (Å²) in [5.41, 5.74) is 2.69. The molecule has 0 amide bonds. The molecule has 0 unspecified atom stereocenters. The summed E-state index contributed by atoms with van der Waals surface area (Å²) in [6.45, 7) is 4.45. The van der Waals surface area contributed by atoms with Gasteiger partial charge in [0.15, 0.2) is 0 Å². The van der Waals surface area contributed by atoms with Gasteiger partial charge in [-0.2, -0.15) is 10.1 Å². The maximum absolute atomic E-state index is 4.41. The third-order valence-electron chi connectivity index (χ3n) is 4.51. The number of aromatic nitrogens is 3. The van der Waals surface area contributed by atoms with E-state index in [0.29, 0.717) is 5.92 Å². The van der Waals surface area contributed by atoms with E-state index in [1.807, 2.05) is 4.68 Å². The largest absolute Gasteiger partial charge is 0.348 e. The maximum atomic E-state index is 4.41. The quantitative estimate of drug-likeness (QED) is 0.765. The molecule has 4 nitrogen and oxygen atoms in total. The topological polar surface area (TPSA) is 42.7 Å². The van der Waals surface area contributed by atoms with Crippen molar-refractivity contribution in [3.05, 3.63) is 64.1 Å². The summed E-state index contributed by atoms with van der Waals surface area (Å²) in [6, 6.07) is 13.8. The number of fused-ring (bicyclic) bond motifs is 1. The first-order chi connectivity index (χ1) is 11.2. The Bertz CT molecular complexity index is 774. The van der Waals surface area contributed by atoms with Crippen molar-refractivity contribution >= 4 is 17.3 Å². The van der Waals surface area contributed by atoms with Crippen LogP contribution in [0.25, 0.3) is 0 Å². The highest BCUT2D eigenvalue weighted by Gasteiger charge is 2.30. The average Bonchev–Trinajstić information content (AvgIpc) is 3.25. The van der Waals surface area contributed by atoms with Crippen molar-refractivity contribution in [1.82, 2.24) is 14.8 Å². The van der Waals surface area contributed by atoms with E-state index in [4.69, 9.17) is 0 Å². The molecule has 1 aromatic carbocycles. The van der Waals surface area contributed by atoms with Crippen molar-refractivity contribution in [2.75, 3.05) is 5.32 Å². The number of hydrogen-bond donors (Lipinski definition) is 1. The van der Waals surface area contributed by atoms with E-state index in [9.17, 15) is 0 Å². The number of nitrogens with zero attached hydrogens (tertiary/aromatic N) is 3. The fraction of sp³-hybridized carbons (Fsp3) is 0.333. The van der Waals surface area contributed by atoms with E-state index in [1.54, 1.807) is 17.7 Å². The number of nitrogens with one attached hydrogen (secondary N) is 1. The zero-order valence-corrected chi connectivity index (χ0v) is 14.1. The number of anilines is 1. The van der Waals surface area contributed by atoms with Crippen LogP contribution in [-0.2, 0) is 0 Å². The van der Waals surface area contributed by atoms with E-state index in [0.717, 1.165) is 12.4 Å². The van der Waals surface area contributed by atoms with Gasteiger partial charge in [0.25, 0.3) is 0 Å². The Morgan fingerprint density at radius 3 is 2.74 bits per heavy atom. The van der Waals surface area contributed by atoms with Gasteiger partial charge in [0, 0.05) is 4.88 Å². The Labute approximate surface area is 140 Å². The monoisotopic (exact) mass is 324 g/mol. The molecule has 0 bridgehead atoms. The van der Waals surface area contributed by atoms with Crippen LogP contribution < -0.4 is 5.32 Å². The van der Waals surface area contributed by atoms with Crippen LogP contribution in [0.2, 0.25) is 0 Å². The molecule has 5 heteroatoms.